The monoisotopic (exact) mass is 339 g/mol. The van der Waals surface area contributed by atoms with E-state index in [2.05, 4.69) is 10.6 Å². The molecule has 2 N–H and O–H groups in total. The van der Waals surface area contributed by atoms with Crippen molar-refractivity contribution in [2.24, 2.45) is 5.92 Å². The van der Waals surface area contributed by atoms with Crippen molar-refractivity contribution in [3.8, 4) is 0 Å². The SMILES string of the molecule is CCN(CC)C(=O)CCNC(=O)[C@@H](C)NC(=O)CC1CCCCC1. The van der Waals surface area contributed by atoms with Gasteiger partial charge in [-0.05, 0) is 39.5 Å². The van der Waals surface area contributed by atoms with Gasteiger partial charge in [0.25, 0.3) is 0 Å². The summed E-state index contributed by atoms with van der Waals surface area (Å²) in [6.07, 6.45) is 6.70. The topological polar surface area (TPSA) is 78.5 Å². The van der Waals surface area contributed by atoms with E-state index in [1.807, 2.05) is 13.8 Å². The lowest BCUT2D eigenvalue weighted by Crippen LogP contribution is -2.46. The molecule has 0 aromatic rings. The second kappa shape index (κ2) is 11.0. The van der Waals surface area contributed by atoms with Crippen molar-refractivity contribution in [3.05, 3.63) is 0 Å². The van der Waals surface area contributed by atoms with Gasteiger partial charge in [0.05, 0.1) is 0 Å². The Kier molecular flexibility index (Phi) is 9.42. The minimum absolute atomic E-state index is 0.0364. The van der Waals surface area contributed by atoms with Gasteiger partial charge in [-0.15, -0.1) is 0 Å². The van der Waals surface area contributed by atoms with Crippen molar-refractivity contribution < 1.29 is 14.4 Å². The van der Waals surface area contributed by atoms with E-state index in [9.17, 15) is 14.4 Å². The average Bonchev–Trinajstić information content (AvgIpc) is 2.56. The largest absolute Gasteiger partial charge is 0.354 e. The molecule has 0 heterocycles. The Hall–Kier alpha value is -1.59. The van der Waals surface area contributed by atoms with Gasteiger partial charge in [0, 0.05) is 32.5 Å². The molecule has 0 bridgehead atoms. The Balaban J connectivity index is 2.23. The van der Waals surface area contributed by atoms with E-state index in [-0.39, 0.29) is 24.1 Å². The zero-order chi connectivity index (χ0) is 17.9. The molecule has 0 aliphatic heterocycles. The molecule has 138 valence electrons. The number of hydrogen-bond acceptors (Lipinski definition) is 3. The Morgan fingerprint density at radius 1 is 1.08 bits per heavy atom. The van der Waals surface area contributed by atoms with Crippen molar-refractivity contribution in [1.82, 2.24) is 15.5 Å². The van der Waals surface area contributed by atoms with Gasteiger partial charge in [-0.1, -0.05) is 19.3 Å². The molecule has 24 heavy (non-hydrogen) atoms. The van der Waals surface area contributed by atoms with Gasteiger partial charge in [-0.25, -0.2) is 0 Å². The third kappa shape index (κ3) is 7.32. The van der Waals surface area contributed by atoms with Gasteiger partial charge < -0.3 is 15.5 Å². The highest BCUT2D eigenvalue weighted by Crippen LogP contribution is 2.26. The lowest BCUT2D eigenvalue weighted by atomic mass is 9.87. The van der Waals surface area contributed by atoms with E-state index in [1.165, 1.54) is 19.3 Å². The molecule has 0 saturated heterocycles. The summed E-state index contributed by atoms with van der Waals surface area (Å²) in [5.74, 6) is 0.207. The molecule has 0 unspecified atom stereocenters. The first-order chi connectivity index (χ1) is 11.5. The first kappa shape index (κ1) is 20.5. The van der Waals surface area contributed by atoms with Gasteiger partial charge in [0.15, 0.2) is 0 Å². The summed E-state index contributed by atoms with van der Waals surface area (Å²) in [6, 6.07) is -0.565. The fraction of sp³-hybridized carbons (Fsp3) is 0.833. The van der Waals surface area contributed by atoms with Crippen LogP contribution in [-0.2, 0) is 14.4 Å². The van der Waals surface area contributed by atoms with Gasteiger partial charge in [0.1, 0.15) is 6.04 Å². The number of hydrogen-bond donors (Lipinski definition) is 2. The smallest absolute Gasteiger partial charge is 0.242 e. The van der Waals surface area contributed by atoms with Gasteiger partial charge in [-0.2, -0.15) is 0 Å². The molecule has 1 aliphatic carbocycles. The Morgan fingerprint density at radius 2 is 1.71 bits per heavy atom. The maximum Gasteiger partial charge on any atom is 0.242 e. The molecule has 1 fully saturated rings. The van der Waals surface area contributed by atoms with Crippen LogP contribution in [0.5, 0.6) is 0 Å². The summed E-state index contributed by atoms with van der Waals surface area (Å²) >= 11 is 0. The number of carbonyl (C=O) groups excluding carboxylic acids is 3. The molecule has 0 aromatic carbocycles. The predicted octanol–water partition coefficient (Wildman–Crippen LogP) is 1.84. The van der Waals surface area contributed by atoms with Crippen molar-refractivity contribution in [2.75, 3.05) is 19.6 Å². The first-order valence-electron chi connectivity index (χ1n) is 9.32. The van der Waals surface area contributed by atoms with Crippen LogP contribution in [0.2, 0.25) is 0 Å². The fourth-order valence-corrected chi connectivity index (χ4v) is 3.20. The van der Waals surface area contributed by atoms with E-state index in [1.54, 1.807) is 11.8 Å². The van der Waals surface area contributed by atoms with E-state index in [0.717, 1.165) is 12.8 Å². The van der Waals surface area contributed by atoms with Gasteiger partial charge in [-0.3, -0.25) is 14.4 Å². The molecule has 6 nitrogen and oxygen atoms in total. The van der Waals surface area contributed by atoms with Crippen LogP contribution in [0.1, 0.15) is 65.7 Å². The molecule has 1 rings (SSSR count). The highest BCUT2D eigenvalue weighted by Gasteiger charge is 2.20. The number of rotatable bonds is 9. The van der Waals surface area contributed by atoms with E-state index in [4.69, 9.17) is 0 Å². The highest BCUT2D eigenvalue weighted by molar-refractivity contribution is 5.87. The summed E-state index contributed by atoms with van der Waals surface area (Å²) in [4.78, 5) is 37.6. The third-order valence-corrected chi connectivity index (χ3v) is 4.72. The Bertz CT molecular complexity index is 416. The van der Waals surface area contributed by atoms with Crippen molar-refractivity contribution in [3.63, 3.8) is 0 Å². The zero-order valence-electron chi connectivity index (χ0n) is 15.4. The molecule has 0 radical (unpaired) electrons. The van der Waals surface area contributed by atoms with E-state index >= 15 is 0 Å². The zero-order valence-corrected chi connectivity index (χ0v) is 15.4. The predicted molar refractivity (Wildman–Crippen MR) is 94.4 cm³/mol. The summed E-state index contributed by atoms with van der Waals surface area (Å²) < 4.78 is 0. The average molecular weight is 339 g/mol. The molecule has 6 heteroatoms. The van der Waals surface area contributed by atoms with Crippen LogP contribution in [0, 0.1) is 5.92 Å². The molecule has 1 atom stereocenters. The molecule has 1 saturated carbocycles. The maximum atomic E-state index is 12.0. The highest BCUT2D eigenvalue weighted by atomic mass is 16.2. The Morgan fingerprint density at radius 3 is 2.29 bits per heavy atom. The number of amides is 3. The molecular formula is C18H33N3O3. The van der Waals surface area contributed by atoms with Crippen LogP contribution in [0.25, 0.3) is 0 Å². The van der Waals surface area contributed by atoms with Crippen LogP contribution in [0.3, 0.4) is 0 Å². The van der Waals surface area contributed by atoms with Crippen LogP contribution >= 0.6 is 0 Å². The summed E-state index contributed by atoms with van der Waals surface area (Å²) in [5.41, 5.74) is 0. The molecule has 1 aliphatic rings. The first-order valence-corrected chi connectivity index (χ1v) is 9.32. The number of nitrogens with one attached hydrogen (secondary N) is 2. The van der Waals surface area contributed by atoms with Gasteiger partial charge in [0.2, 0.25) is 17.7 Å². The molecule has 0 spiro atoms. The number of nitrogens with zero attached hydrogens (tertiary/aromatic N) is 1. The fourth-order valence-electron chi connectivity index (χ4n) is 3.20. The quantitative estimate of drug-likeness (QED) is 0.673. The Labute approximate surface area is 145 Å². The van der Waals surface area contributed by atoms with Crippen molar-refractivity contribution in [2.45, 2.75) is 71.8 Å². The minimum atomic E-state index is -0.565. The van der Waals surface area contributed by atoms with Crippen LogP contribution in [0.4, 0.5) is 0 Å². The van der Waals surface area contributed by atoms with E-state index < -0.39 is 6.04 Å². The summed E-state index contributed by atoms with van der Waals surface area (Å²) in [5, 5.41) is 5.49. The molecule has 0 aromatic heterocycles. The summed E-state index contributed by atoms with van der Waals surface area (Å²) in [7, 11) is 0. The maximum absolute atomic E-state index is 12.0. The van der Waals surface area contributed by atoms with Crippen molar-refractivity contribution >= 4 is 17.7 Å². The third-order valence-electron chi connectivity index (χ3n) is 4.72. The molecule has 3 amide bonds. The van der Waals surface area contributed by atoms with Crippen LogP contribution < -0.4 is 10.6 Å². The van der Waals surface area contributed by atoms with Crippen molar-refractivity contribution in [1.29, 1.82) is 0 Å². The second-order valence-electron chi connectivity index (χ2n) is 6.60. The standard InChI is InChI=1S/C18H33N3O3/c1-4-21(5-2)17(23)11-12-19-18(24)14(3)20-16(22)13-15-9-7-6-8-10-15/h14-15H,4-13H2,1-3H3,(H,19,24)(H,20,22)/t14-/m1/s1. The van der Waals surface area contributed by atoms with Gasteiger partial charge >= 0.3 is 0 Å². The number of carbonyl (C=O) groups is 3. The lowest BCUT2D eigenvalue weighted by Gasteiger charge is -2.22. The second-order valence-corrected chi connectivity index (χ2v) is 6.60. The summed E-state index contributed by atoms with van der Waals surface area (Å²) in [6.45, 7) is 7.21. The van der Waals surface area contributed by atoms with Crippen LogP contribution in [0.15, 0.2) is 0 Å². The van der Waals surface area contributed by atoms with Crippen LogP contribution in [-0.4, -0.2) is 48.3 Å². The normalized spacial score (nSPS) is 16.3. The van der Waals surface area contributed by atoms with E-state index in [0.29, 0.717) is 32.0 Å². The molecular weight excluding hydrogens is 306 g/mol. The lowest BCUT2D eigenvalue weighted by molar-refractivity contribution is -0.131. The minimum Gasteiger partial charge on any atom is -0.354 e.